The second kappa shape index (κ2) is 7.69. The molecular weight excluding hydrogens is 228 g/mol. The molecule has 0 aromatic heterocycles. The summed E-state index contributed by atoms with van der Waals surface area (Å²) in [6.07, 6.45) is 5.50. The molecule has 0 saturated heterocycles. The van der Waals surface area contributed by atoms with Gasteiger partial charge in [-0.25, -0.2) is 0 Å². The van der Waals surface area contributed by atoms with Crippen molar-refractivity contribution in [1.29, 1.82) is 0 Å². The molecule has 18 heavy (non-hydrogen) atoms. The van der Waals surface area contributed by atoms with Gasteiger partial charge in [-0.2, -0.15) is 0 Å². The number of nitrogens with zero attached hydrogens (tertiary/aromatic N) is 1. The Balaban J connectivity index is 2.76. The van der Waals surface area contributed by atoms with Crippen LogP contribution in [0.25, 0.3) is 0 Å². The third-order valence-electron chi connectivity index (χ3n) is 3.00. The number of hydrogen-bond donors (Lipinski definition) is 1. The van der Waals surface area contributed by atoms with Crippen molar-refractivity contribution < 1.29 is 4.92 Å². The summed E-state index contributed by atoms with van der Waals surface area (Å²) >= 11 is 0. The zero-order valence-corrected chi connectivity index (χ0v) is 11.2. The van der Waals surface area contributed by atoms with Gasteiger partial charge in [-0.15, -0.1) is 0 Å². The lowest BCUT2D eigenvalue weighted by Crippen LogP contribution is -2.19. The Labute approximate surface area is 109 Å². The van der Waals surface area contributed by atoms with Crippen LogP contribution in [0.2, 0.25) is 0 Å². The van der Waals surface area contributed by atoms with Crippen molar-refractivity contribution in [3.8, 4) is 0 Å². The van der Waals surface area contributed by atoms with Gasteiger partial charge in [0.1, 0.15) is 5.69 Å². The minimum absolute atomic E-state index is 0.162. The number of nitro groups is 1. The molecule has 0 radical (unpaired) electrons. The highest BCUT2D eigenvalue weighted by molar-refractivity contribution is 5.61. The Morgan fingerprint density at radius 1 is 1.22 bits per heavy atom. The van der Waals surface area contributed by atoms with Crippen LogP contribution in [0.4, 0.5) is 11.4 Å². The summed E-state index contributed by atoms with van der Waals surface area (Å²) in [6.45, 7) is 4.30. The van der Waals surface area contributed by atoms with E-state index in [2.05, 4.69) is 19.2 Å². The van der Waals surface area contributed by atoms with Gasteiger partial charge in [0.25, 0.3) is 5.69 Å². The molecule has 0 bridgehead atoms. The summed E-state index contributed by atoms with van der Waals surface area (Å²) in [6, 6.07) is 7.19. The first-order valence-electron chi connectivity index (χ1n) is 6.69. The van der Waals surface area contributed by atoms with E-state index in [4.69, 9.17) is 0 Å². The standard InChI is InChI=1S/C14H22N2O2/c1-3-5-9-12(8-4-2)15-13-10-6-7-11-14(13)16(17)18/h6-7,10-12,15H,3-5,8-9H2,1-2H3. The molecule has 1 N–H and O–H groups in total. The molecule has 0 heterocycles. The molecule has 0 aliphatic carbocycles. The van der Waals surface area contributed by atoms with Crippen molar-refractivity contribution in [2.75, 3.05) is 5.32 Å². The van der Waals surface area contributed by atoms with E-state index in [9.17, 15) is 10.1 Å². The zero-order valence-electron chi connectivity index (χ0n) is 11.2. The van der Waals surface area contributed by atoms with E-state index in [0.717, 1.165) is 32.1 Å². The quantitative estimate of drug-likeness (QED) is 0.550. The fraction of sp³-hybridized carbons (Fsp3) is 0.571. The number of rotatable bonds is 8. The zero-order chi connectivity index (χ0) is 13.4. The maximum Gasteiger partial charge on any atom is 0.292 e. The average Bonchev–Trinajstić information content (AvgIpc) is 2.36. The van der Waals surface area contributed by atoms with Crippen molar-refractivity contribution in [3.05, 3.63) is 34.4 Å². The van der Waals surface area contributed by atoms with Crippen LogP contribution in [0.5, 0.6) is 0 Å². The molecule has 0 fully saturated rings. The van der Waals surface area contributed by atoms with Crippen molar-refractivity contribution in [1.82, 2.24) is 0 Å². The molecule has 1 unspecified atom stereocenters. The first kappa shape index (κ1) is 14.5. The SMILES string of the molecule is CCCCC(CCC)Nc1ccccc1[N+](=O)[O-]. The molecule has 0 amide bonds. The number of para-hydroxylation sites is 2. The minimum atomic E-state index is -0.328. The van der Waals surface area contributed by atoms with E-state index in [1.54, 1.807) is 18.2 Å². The van der Waals surface area contributed by atoms with Crippen molar-refractivity contribution in [2.24, 2.45) is 0 Å². The predicted octanol–water partition coefficient (Wildman–Crippen LogP) is 4.37. The predicted molar refractivity (Wildman–Crippen MR) is 74.9 cm³/mol. The molecule has 4 nitrogen and oxygen atoms in total. The van der Waals surface area contributed by atoms with Gasteiger partial charge in [-0.1, -0.05) is 45.2 Å². The van der Waals surface area contributed by atoms with Crippen molar-refractivity contribution in [3.63, 3.8) is 0 Å². The minimum Gasteiger partial charge on any atom is -0.377 e. The number of nitrogens with one attached hydrogen (secondary N) is 1. The molecule has 1 rings (SSSR count). The summed E-state index contributed by atoms with van der Waals surface area (Å²) in [7, 11) is 0. The van der Waals surface area contributed by atoms with E-state index in [1.165, 1.54) is 0 Å². The molecular formula is C14H22N2O2. The van der Waals surface area contributed by atoms with E-state index >= 15 is 0 Å². The van der Waals surface area contributed by atoms with Crippen LogP contribution in [0.3, 0.4) is 0 Å². The lowest BCUT2D eigenvalue weighted by Gasteiger charge is -2.19. The molecule has 1 atom stereocenters. The lowest BCUT2D eigenvalue weighted by atomic mass is 10.0. The summed E-state index contributed by atoms with van der Waals surface area (Å²) in [5.41, 5.74) is 0.798. The molecule has 0 spiro atoms. The molecule has 1 aromatic carbocycles. The third-order valence-corrected chi connectivity index (χ3v) is 3.00. The summed E-state index contributed by atoms with van der Waals surface area (Å²) in [5.74, 6) is 0. The molecule has 0 aliphatic rings. The second-order valence-corrected chi connectivity index (χ2v) is 4.55. The van der Waals surface area contributed by atoms with Gasteiger partial charge in [0.05, 0.1) is 4.92 Å². The van der Waals surface area contributed by atoms with Gasteiger partial charge in [-0.3, -0.25) is 10.1 Å². The fourth-order valence-electron chi connectivity index (χ4n) is 2.06. The monoisotopic (exact) mass is 250 g/mol. The summed E-state index contributed by atoms with van der Waals surface area (Å²) < 4.78 is 0. The molecule has 4 heteroatoms. The molecule has 0 aliphatic heterocycles. The third kappa shape index (κ3) is 4.35. The van der Waals surface area contributed by atoms with E-state index in [0.29, 0.717) is 11.7 Å². The molecule has 1 aromatic rings. The van der Waals surface area contributed by atoms with Crippen LogP contribution in [-0.4, -0.2) is 11.0 Å². The molecule has 100 valence electrons. The fourth-order valence-corrected chi connectivity index (χ4v) is 2.06. The van der Waals surface area contributed by atoms with E-state index in [1.807, 2.05) is 6.07 Å². The first-order chi connectivity index (χ1) is 8.69. The number of hydrogen-bond acceptors (Lipinski definition) is 3. The second-order valence-electron chi connectivity index (χ2n) is 4.55. The number of anilines is 1. The first-order valence-corrected chi connectivity index (χ1v) is 6.69. The van der Waals surface area contributed by atoms with Crippen LogP contribution in [0, 0.1) is 10.1 Å². The molecule has 0 saturated carbocycles. The largest absolute Gasteiger partial charge is 0.377 e. The summed E-state index contributed by atoms with van der Waals surface area (Å²) in [4.78, 5) is 10.6. The van der Waals surface area contributed by atoms with Gasteiger partial charge < -0.3 is 5.32 Å². The Hall–Kier alpha value is -1.58. The maximum absolute atomic E-state index is 10.9. The van der Waals surface area contributed by atoms with Crippen LogP contribution >= 0.6 is 0 Å². The topological polar surface area (TPSA) is 55.2 Å². The lowest BCUT2D eigenvalue weighted by molar-refractivity contribution is -0.384. The van der Waals surface area contributed by atoms with E-state index in [-0.39, 0.29) is 10.6 Å². The maximum atomic E-state index is 10.9. The van der Waals surface area contributed by atoms with Crippen molar-refractivity contribution in [2.45, 2.75) is 52.0 Å². The van der Waals surface area contributed by atoms with Gasteiger partial charge in [0.2, 0.25) is 0 Å². The Morgan fingerprint density at radius 3 is 2.56 bits per heavy atom. The highest BCUT2D eigenvalue weighted by Crippen LogP contribution is 2.25. The van der Waals surface area contributed by atoms with E-state index < -0.39 is 0 Å². The van der Waals surface area contributed by atoms with Crippen molar-refractivity contribution >= 4 is 11.4 Å². The van der Waals surface area contributed by atoms with Gasteiger partial charge in [0.15, 0.2) is 0 Å². The van der Waals surface area contributed by atoms with Crippen LogP contribution in [0.1, 0.15) is 46.0 Å². The average molecular weight is 250 g/mol. The Morgan fingerprint density at radius 2 is 1.94 bits per heavy atom. The highest BCUT2D eigenvalue weighted by Gasteiger charge is 2.15. The van der Waals surface area contributed by atoms with Crippen LogP contribution in [-0.2, 0) is 0 Å². The van der Waals surface area contributed by atoms with Gasteiger partial charge >= 0.3 is 0 Å². The van der Waals surface area contributed by atoms with Gasteiger partial charge in [-0.05, 0) is 18.9 Å². The smallest absolute Gasteiger partial charge is 0.292 e. The number of nitro benzene ring substituents is 1. The Bertz CT molecular complexity index is 380. The Kier molecular flexibility index (Phi) is 6.19. The number of benzene rings is 1. The highest BCUT2D eigenvalue weighted by atomic mass is 16.6. The van der Waals surface area contributed by atoms with Crippen LogP contribution in [0.15, 0.2) is 24.3 Å². The normalized spacial score (nSPS) is 12.1. The summed E-state index contributed by atoms with van der Waals surface area (Å²) in [5, 5.41) is 14.3. The number of unbranched alkanes of at least 4 members (excludes halogenated alkanes) is 1. The van der Waals surface area contributed by atoms with Crippen LogP contribution < -0.4 is 5.32 Å². The van der Waals surface area contributed by atoms with Gasteiger partial charge in [0, 0.05) is 12.1 Å².